The summed E-state index contributed by atoms with van der Waals surface area (Å²) in [5, 5.41) is 2.65. The highest BCUT2D eigenvalue weighted by Gasteiger charge is 2.12. The first-order valence-corrected chi connectivity index (χ1v) is 6.92. The Morgan fingerprint density at radius 1 is 1.18 bits per heavy atom. The Balaban J connectivity index is 2.10. The van der Waals surface area contributed by atoms with Crippen molar-refractivity contribution in [2.24, 2.45) is 0 Å². The van der Waals surface area contributed by atoms with Crippen molar-refractivity contribution >= 4 is 29.2 Å². The number of ether oxygens (including phenoxy) is 1. The van der Waals surface area contributed by atoms with E-state index in [0.29, 0.717) is 17.9 Å². The van der Waals surface area contributed by atoms with Crippen LogP contribution in [0.4, 0.5) is 10.1 Å². The Morgan fingerprint density at radius 2 is 1.86 bits per heavy atom. The number of benzene rings is 2. The molecule has 1 N–H and O–H groups in total. The van der Waals surface area contributed by atoms with Gasteiger partial charge in [-0.3, -0.25) is 4.79 Å². The van der Waals surface area contributed by atoms with Crippen LogP contribution >= 0.6 is 11.6 Å². The van der Waals surface area contributed by atoms with Crippen molar-refractivity contribution in [3.05, 3.63) is 64.4 Å². The van der Waals surface area contributed by atoms with Gasteiger partial charge in [0.15, 0.2) is 0 Å². The first-order chi connectivity index (χ1) is 10.5. The molecule has 0 aliphatic heterocycles. The Morgan fingerprint density at radius 3 is 2.45 bits per heavy atom. The van der Waals surface area contributed by atoms with Crippen LogP contribution < -0.4 is 5.32 Å². The smallest absolute Gasteiger partial charge is 0.338 e. The predicted molar refractivity (Wildman–Crippen MR) is 81.8 cm³/mol. The Kier molecular flexibility index (Phi) is 5.12. The van der Waals surface area contributed by atoms with Crippen LogP contribution in [0.25, 0.3) is 0 Å². The van der Waals surface area contributed by atoms with Gasteiger partial charge in [-0.2, -0.15) is 0 Å². The van der Waals surface area contributed by atoms with Crippen molar-refractivity contribution in [3.63, 3.8) is 0 Å². The normalized spacial score (nSPS) is 10.1. The summed E-state index contributed by atoms with van der Waals surface area (Å²) >= 11 is 5.83. The zero-order chi connectivity index (χ0) is 16.1. The maximum atomic E-state index is 13.0. The van der Waals surface area contributed by atoms with Crippen LogP contribution in [0.5, 0.6) is 0 Å². The van der Waals surface area contributed by atoms with Crippen molar-refractivity contribution in [2.45, 2.75) is 6.92 Å². The lowest BCUT2D eigenvalue weighted by atomic mass is 10.1. The number of halogens is 2. The van der Waals surface area contributed by atoms with Gasteiger partial charge >= 0.3 is 5.97 Å². The minimum Gasteiger partial charge on any atom is -0.462 e. The molecular weight excluding hydrogens is 309 g/mol. The van der Waals surface area contributed by atoms with Crippen molar-refractivity contribution in [2.75, 3.05) is 11.9 Å². The van der Waals surface area contributed by atoms with Gasteiger partial charge in [-0.1, -0.05) is 11.6 Å². The highest BCUT2D eigenvalue weighted by Crippen LogP contribution is 2.19. The van der Waals surface area contributed by atoms with Gasteiger partial charge in [-0.15, -0.1) is 0 Å². The third kappa shape index (κ3) is 3.83. The second kappa shape index (κ2) is 7.04. The molecule has 2 aromatic rings. The average Bonchev–Trinajstić information content (AvgIpc) is 2.48. The maximum Gasteiger partial charge on any atom is 0.338 e. The number of carbonyl (C=O) groups excluding carboxylic acids is 2. The predicted octanol–water partition coefficient (Wildman–Crippen LogP) is 3.91. The molecule has 2 rings (SSSR count). The lowest BCUT2D eigenvalue weighted by Crippen LogP contribution is -2.13. The molecule has 0 fully saturated rings. The van der Waals surface area contributed by atoms with Gasteiger partial charge in [-0.05, 0) is 49.4 Å². The van der Waals surface area contributed by atoms with E-state index in [0.717, 1.165) is 12.1 Å². The zero-order valence-electron chi connectivity index (χ0n) is 11.7. The molecule has 0 saturated heterocycles. The van der Waals surface area contributed by atoms with Crippen molar-refractivity contribution < 1.29 is 18.7 Å². The molecule has 2 aromatic carbocycles. The van der Waals surface area contributed by atoms with E-state index in [2.05, 4.69) is 5.32 Å². The van der Waals surface area contributed by atoms with E-state index >= 15 is 0 Å². The molecule has 0 spiro atoms. The van der Waals surface area contributed by atoms with Gasteiger partial charge < -0.3 is 10.1 Å². The summed E-state index contributed by atoms with van der Waals surface area (Å²) in [5.74, 6) is -1.41. The number of amides is 1. The SMILES string of the molecule is CCOC(=O)c1ccc(NC(=O)c2ccc(F)cc2Cl)cc1. The van der Waals surface area contributed by atoms with Crippen molar-refractivity contribution in [1.82, 2.24) is 0 Å². The molecule has 0 bridgehead atoms. The number of nitrogens with one attached hydrogen (secondary N) is 1. The van der Waals surface area contributed by atoms with Gasteiger partial charge in [0.25, 0.3) is 5.91 Å². The fraction of sp³-hybridized carbons (Fsp3) is 0.125. The molecule has 22 heavy (non-hydrogen) atoms. The summed E-state index contributed by atoms with van der Waals surface area (Å²) in [7, 11) is 0. The fourth-order valence-corrected chi connectivity index (χ4v) is 2.03. The Labute approximate surface area is 131 Å². The summed E-state index contributed by atoms with van der Waals surface area (Å²) in [6.07, 6.45) is 0. The highest BCUT2D eigenvalue weighted by molar-refractivity contribution is 6.34. The number of hydrogen-bond donors (Lipinski definition) is 1. The van der Waals surface area contributed by atoms with Crippen LogP contribution in [0.1, 0.15) is 27.6 Å². The standard InChI is InChI=1S/C16H13ClFNO3/c1-2-22-16(21)10-3-6-12(7-4-10)19-15(20)13-8-5-11(18)9-14(13)17/h3-9H,2H2,1H3,(H,19,20). The van der Waals surface area contributed by atoms with Crippen LogP contribution in [0, 0.1) is 5.82 Å². The summed E-state index contributed by atoms with van der Waals surface area (Å²) in [6.45, 7) is 2.01. The third-order valence-corrected chi connectivity index (χ3v) is 3.14. The van der Waals surface area contributed by atoms with E-state index < -0.39 is 17.7 Å². The van der Waals surface area contributed by atoms with E-state index in [9.17, 15) is 14.0 Å². The summed E-state index contributed by atoms with van der Waals surface area (Å²) < 4.78 is 17.8. The lowest BCUT2D eigenvalue weighted by Gasteiger charge is -2.08. The molecule has 6 heteroatoms. The second-order valence-corrected chi connectivity index (χ2v) is 4.78. The van der Waals surface area contributed by atoms with Crippen LogP contribution in [0.3, 0.4) is 0 Å². The van der Waals surface area contributed by atoms with Crippen LogP contribution in [-0.4, -0.2) is 18.5 Å². The minimum atomic E-state index is -0.514. The monoisotopic (exact) mass is 321 g/mol. The Hall–Kier alpha value is -2.40. The van der Waals surface area contributed by atoms with Gasteiger partial charge in [0.1, 0.15) is 5.82 Å². The van der Waals surface area contributed by atoms with E-state index in [-0.39, 0.29) is 10.6 Å². The molecule has 114 valence electrons. The molecule has 0 atom stereocenters. The quantitative estimate of drug-likeness (QED) is 0.869. The molecule has 1 amide bonds. The first kappa shape index (κ1) is 16.0. The van der Waals surface area contributed by atoms with Gasteiger partial charge in [0, 0.05) is 5.69 Å². The summed E-state index contributed by atoms with van der Waals surface area (Å²) in [5.41, 5.74) is 1.04. The molecule has 0 radical (unpaired) electrons. The van der Waals surface area contributed by atoms with E-state index in [1.54, 1.807) is 31.2 Å². The topological polar surface area (TPSA) is 55.4 Å². The van der Waals surface area contributed by atoms with Crippen LogP contribution in [0.15, 0.2) is 42.5 Å². The largest absolute Gasteiger partial charge is 0.462 e. The zero-order valence-corrected chi connectivity index (χ0v) is 12.5. The lowest BCUT2D eigenvalue weighted by molar-refractivity contribution is 0.0526. The van der Waals surface area contributed by atoms with E-state index in [1.807, 2.05) is 0 Å². The van der Waals surface area contributed by atoms with Gasteiger partial charge in [-0.25, -0.2) is 9.18 Å². The number of carbonyl (C=O) groups is 2. The van der Waals surface area contributed by atoms with Crippen LogP contribution in [0.2, 0.25) is 5.02 Å². The van der Waals surface area contributed by atoms with Gasteiger partial charge in [0.05, 0.1) is 22.8 Å². The number of anilines is 1. The number of esters is 1. The molecule has 4 nitrogen and oxygen atoms in total. The third-order valence-electron chi connectivity index (χ3n) is 2.83. The number of hydrogen-bond acceptors (Lipinski definition) is 3. The molecular formula is C16H13ClFNO3. The van der Waals surface area contributed by atoms with Crippen LogP contribution in [-0.2, 0) is 4.74 Å². The van der Waals surface area contributed by atoms with Gasteiger partial charge in [0.2, 0.25) is 0 Å². The molecule has 0 aliphatic rings. The number of rotatable bonds is 4. The van der Waals surface area contributed by atoms with Crippen molar-refractivity contribution in [3.8, 4) is 0 Å². The molecule has 0 heterocycles. The molecule has 0 aromatic heterocycles. The molecule has 0 aliphatic carbocycles. The second-order valence-electron chi connectivity index (χ2n) is 4.38. The maximum absolute atomic E-state index is 13.0. The Bertz CT molecular complexity index is 701. The summed E-state index contributed by atoms with van der Waals surface area (Å²) in [6, 6.07) is 9.76. The molecule has 0 unspecified atom stereocenters. The van der Waals surface area contributed by atoms with Crippen molar-refractivity contribution in [1.29, 1.82) is 0 Å². The van der Waals surface area contributed by atoms with E-state index in [4.69, 9.17) is 16.3 Å². The first-order valence-electron chi connectivity index (χ1n) is 6.55. The highest BCUT2D eigenvalue weighted by atomic mass is 35.5. The fourth-order valence-electron chi connectivity index (χ4n) is 1.78. The minimum absolute atomic E-state index is 0.0284. The van der Waals surface area contributed by atoms with E-state index in [1.165, 1.54) is 6.07 Å². The molecule has 0 saturated carbocycles. The summed E-state index contributed by atoms with van der Waals surface area (Å²) in [4.78, 5) is 23.6. The average molecular weight is 322 g/mol.